The normalized spacial score (nSPS) is 15.7. The Morgan fingerprint density at radius 1 is 1.14 bits per heavy atom. The number of nitrogens with zero attached hydrogens (tertiary/aromatic N) is 2. The first-order valence-electron chi connectivity index (χ1n) is 9.26. The molecule has 1 amide bonds. The molecule has 0 bridgehead atoms. The third kappa shape index (κ3) is 4.06. The highest BCUT2D eigenvalue weighted by Crippen LogP contribution is 2.29. The molecule has 0 aliphatic heterocycles. The van der Waals surface area contributed by atoms with E-state index >= 15 is 0 Å². The summed E-state index contributed by atoms with van der Waals surface area (Å²) in [6.45, 7) is 0. The Bertz CT molecular complexity index is 1000. The van der Waals surface area contributed by atoms with Crippen molar-refractivity contribution in [2.45, 2.75) is 25.7 Å². The van der Waals surface area contributed by atoms with Crippen molar-refractivity contribution in [3.05, 3.63) is 82.3 Å². The maximum absolute atomic E-state index is 11.7. The fraction of sp³-hybridized carbons (Fsp3) is 0.227. The molecule has 0 saturated heterocycles. The van der Waals surface area contributed by atoms with Crippen LogP contribution in [-0.4, -0.2) is 21.1 Å². The number of hydrogen-bond acceptors (Lipinski definition) is 4. The number of fused-ring (bicyclic) bond motifs is 1. The second-order valence-electron chi connectivity index (χ2n) is 7.10. The molecule has 4 rings (SSSR count). The number of amides is 1. The smallest absolute Gasteiger partial charge is 0.274 e. The predicted molar refractivity (Wildman–Crippen MR) is 107 cm³/mol. The molecule has 2 N–H and O–H groups in total. The second kappa shape index (κ2) is 8.09. The Morgan fingerprint density at radius 2 is 1.96 bits per heavy atom. The van der Waals surface area contributed by atoms with E-state index in [1.54, 1.807) is 17.7 Å². The molecule has 1 unspecified atom stereocenters. The minimum atomic E-state index is -0.482. The van der Waals surface area contributed by atoms with Gasteiger partial charge in [-0.1, -0.05) is 29.8 Å². The monoisotopic (exact) mass is 393 g/mol. The number of carbonyl (C=O) groups excluding carboxylic acids is 1. The Kier molecular flexibility index (Phi) is 5.37. The van der Waals surface area contributed by atoms with Gasteiger partial charge in [-0.25, -0.2) is 15.4 Å². The standard InChI is InChI=1S/C22H20ClN3O2/c23-19-7-5-16(6-8-19)20-9-10-24-21(25-20)12-14-1-2-15-3-4-17(22(27)26-28)13-18(15)11-14/h3-10,13-14,28H,1-2,11-12H2,(H,26,27). The minimum Gasteiger partial charge on any atom is -0.288 e. The number of nitrogens with one attached hydrogen (secondary N) is 1. The number of hydrogen-bond donors (Lipinski definition) is 2. The molecule has 6 heteroatoms. The van der Waals surface area contributed by atoms with Gasteiger partial charge in [0.1, 0.15) is 5.82 Å². The number of rotatable bonds is 4. The SMILES string of the molecule is O=C(NO)c1ccc2c(c1)CC(Cc1nccc(-c3ccc(Cl)cc3)n1)CC2. The highest BCUT2D eigenvalue weighted by Gasteiger charge is 2.21. The fourth-order valence-corrected chi connectivity index (χ4v) is 3.88. The quantitative estimate of drug-likeness (QED) is 0.513. The van der Waals surface area contributed by atoms with Gasteiger partial charge in [-0.05, 0) is 66.6 Å². The van der Waals surface area contributed by atoms with Crippen LogP contribution in [0.4, 0.5) is 0 Å². The summed E-state index contributed by atoms with van der Waals surface area (Å²) in [5, 5.41) is 9.55. The van der Waals surface area contributed by atoms with Crippen LogP contribution in [0, 0.1) is 5.92 Å². The average molecular weight is 394 g/mol. The summed E-state index contributed by atoms with van der Waals surface area (Å²) in [4.78, 5) is 20.9. The maximum Gasteiger partial charge on any atom is 0.274 e. The molecule has 2 aromatic carbocycles. The van der Waals surface area contributed by atoms with Gasteiger partial charge in [-0.15, -0.1) is 0 Å². The zero-order valence-corrected chi connectivity index (χ0v) is 16.0. The van der Waals surface area contributed by atoms with Gasteiger partial charge < -0.3 is 0 Å². The lowest BCUT2D eigenvalue weighted by Crippen LogP contribution is -2.21. The average Bonchev–Trinajstić information content (AvgIpc) is 2.73. The van der Waals surface area contributed by atoms with Gasteiger partial charge in [0.2, 0.25) is 0 Å². The van der Waals surface area contributed by atoms with Crippen molar-refractivity contribution >= 4 is 17.5 Å². The predicted octanol–water partition coefficient (Wildman–Crippen LogP) is 4.26. The molecule has 0 saturated carbocycles. The van der Waals surface area contributed by atoms with Gasteiger partial charge >= 0.3 is 0 Å². The van der Waals surface area contributed by atoms with E-state index in [1.807, 2.05) is 42.5 Å². The highest BCUT2D eigenvalue weighted by molar-refractivity contribution is 6.30. The van der Waals surface area contributed by atoms with Crippen LogP contribution in [0.25, 0.3) is 11.3 Å². The van der Waals surface area contributed by atoms with Gasteiger partial charge in [-0.3, -0.25) is 10.0 Å². The number of carbonyl (C=O) groups is 1. The van der Waals surface area contributed by atoms with E-state index in [0.29, 0.717) is 16.5 Å². The van der Waals surface area contributed by atoms with E-state index in [2.05, 4.69) is 4.98 Å². The van der Waals surface area contributed by atoms with Crippen molar-refractivity contribution in [2.24, 2.45) is 5.92 Å². The first-order chi connectivity index (χ1) is 13.6. The van der Waals surface area contributed by atoms with E-state index in [-0.39, 0.29) is 0 Å². The van der Waals surface area contributed by atoms with Crippen molar-refractivity contribution in [3.63, 3.8) is 0 Å². The van der Waals surface area contributed by atoms with Crippen molar-refractivity contribution in [1.82, 2.24) is 15.4 Å². The minimum absolute atomic E-state index is 0.417. The number of benzene rings is 2. The number of aryl methyl sites for hydroxylation is 1. The zero-order valence-electron chi connectivity index (χ0n) is 15.2. The van der Waals surface area contributed by atoms with Crippen LogP contribution in [0.2, 0.25) is 5.02 Å². The van der Waals surface area contributed by atoms with Crippen LogP contribution in [0.5, 0.6) is 0 Å². The van der Waals surface area contributed by atoms with E-state index in [4.69, 9.17) is 21.8 Å². The number of hydroxylamine groups is 1. The summed E-state index contributed by atoms with van der Waals surface area (Å²) in [7, 11) is 0. The van der Waals surface area contributed by atoms with Gasteiger partial charge in [0.25, 0.3) is 5.91 Å². The van der Waals surface area contributed by atoms with E-state index < -0.39 is 5.91 Å². The molecule has 1 aliphatic carbocycles. The molecule has 1 atom stereocenters. The molecular formula is C22H20ClN3O2. The Hall–Kier alpha value is -2.76. The molecule has 142 valence electrons. The highest BCUT2D eigenvalue weighted by atomic mass is 35.5. The van der Waals surface area contributed by atoms with Gasteiger partial charge in [0.15, 0.2) is 0 Å². The molecule has 0 radical (unpaired) electrons. The van der Waals surface area contributed by atoms with Crippen LogP contribution < -0.4 is 5.48 Å². The summed E-state index contributed by atoms with van der Waals surface area (Å²) >= 11 is 5.97. The maximum atomic E-state index is 11.7. The molecule has 1 aliphatic rings. The molecule has 1 aromatic heterocycles. The van der Waals surface area contributed by atoms with Crippen LogP contribution >= 0.6 is 11.6 Å². The molecular weight excluding hydrogens is 374 g/mol. The lowest BCUT2D eigenvalue weighted by molar-refractivity contribution is 0.0706. The molecule has 0 fully saturated rings. The molecule has 1 heterocycles. The van der Waals surface area contributed by atoms with Crippen molar-refractivity contribution in [2.75, 3.05) is 0 Å². The second-order valence-corrected chi connectivity index (χ2v) is 7.54. The zero-order chi connectivity index (χ0) is 19.5. The van der Waals surface area contributed by atoms with Crippen LogP contribution in [0.1, 0.15) is 33.7 Å². The Morgan fingerprint density at radius 3 is 2.75 bits per heavy atom. The molecule has 5 nitrogen and oxygen atoms in total. The third-order valence-electron chi connectivity index (χ3n) is 5.22. The van der Waals surface area contributed by atoms with Gasteiger partial charge in [0.05, 0.1) is 5.69 Å². The van der Waals surface area contributed by atoms with Crippen LogP contribution in [-0.2, 0) is 19.3 Å². The lowest BCUT2D eigenvalue weighted by Gasteiger charge is -2.24. The van der Waals surface area contributed by atoms with E-state index in [0.717, 1.165) is 48.3 Å². The first-order valence-corrected chi connectivity index (χ1v) is 9.64. The van der Waals surface area contributed by atoms with E-state index in [1.165, 1.54) is 5.56 Å². The number of halogens is 1. The largest absolute Gasteiger partial charge is 0.288 e. The van der Waals surface area contributed by atoms with Crippen LogP contribution in [0.15, 0.2) is 54.7 Å². The lowest BCUT2D eigenvalue weighted by atomic mass is 9.81. The summed E-state index contributed by atoms with van der Waals surface area (Å²) in [6.07, 6.45) is 5.49. The topological polar surface area (TPSA) is 75.1 Å². The van der Waals surface area contributed by atoms with Gasteiger partial charge in [0, 0.05) is 28.8 Å². The van der Waals surface area contributed by atoms with Gasteiger partial charge in [-0.2, -0.15) is 0 Å². The molecule has 28 heavy (non-hydrogen) atoms. The third-order valence-corrected chi connectivity index (χ3v) is 5.47. The Labute approximate surface area is 168 Å². The molecule has 0 spiro atoms. The number of aromatic nitrogens is 2. The van der Waals surface area contributed by atoms with Crippen molar-refractivity contribution < 1.29 is 10.0 Å². The summed E-state index contributed by atoms with van der Waals surface area (Å²) in [5.74, 6) is 0.759. The van der Waals surface area contributed by atoms with Crippen molar-refractivity contribution in [3.8, 4) is 11.3 Å². The fourth-order valence-electron chi connectivity index (χ4n) is 3.75. The van der Waals surface area contributed by atoms with Crippen molar-refractivity contribution in [1.29, 1.82) is 0 Å². The van der Waals surface area contributed by atoms with E-state index in [9.17, 15) is 4.79 Å². The summed E-state index contributed by atoms with van der Waals surface area (Å²) in [6, 6.07) is 15.1. The Balaban J connectivity index is 1.50. The summed E-state index contributed by atoms with van der Waals surface area (Å²) < 4.78 is 0. The molecule has 3 aromatic rings. The summed E-state index contributed by atoms with van der Waals surface area (Å²) in [5.41, 5.74) is 6.50. The first kappa shape index (κ1) is 18.6. The van der Waals surface area contributed by atoms with Crippen LogP contribution in [0.3, 0.4) is 0 Å².